The minimum atomic E-state index is -0.293. The predicted octanol–water partition coefficient (Wildman–Crippen LogP) is 4.44. The Hall–Kier alpha value is -3.60. The molecule has 0 radical (unpaired) electrons. The number of hydrogen-bond acceptors (Lipinski definition) is 3. The molecule has 0 fully saturated rings. The van der Waals surface area contributed by atoms with Crippen molar-refractivity contribution in [3.05, 3.63) is 95.6 Å². The van der Waals surface area contributed by atoms with E-state index in [-0.39, 0.29) is 17.9 Å². The van der Waals surface area contributed by atoms with Crippen LogP contribution in [0.15, 0.2) is 78.9 Å². The van der Waals surface area contributed by atoms with E-state index < -0.39 is 0 Å². The zero-order chi connectivity index (χ0) is 19.9. The molecule has 0 spiro atoms. The van der Waals surface area contributed by atoms with E-state index >= 15 is 0 Å². The first-order valence-electron chi connectivity index (χ1n) is 8.98. The number of nitrogens with one attached hydrogen (secondary N) is 2. The van der Waals surface area contributed by atoms with E-state index in [1.54, 1.807) is 55.6 Å². The molecule has 2 N–H and O–H groups in total. The number of methoxy groups -OCH3 is 1. The zero-order valence-electron chi connectivity index (χ0n) is 15.8. The zero-order valence-corrected chi connectivity index (χ0v) is 15.8. The summed E-state index contributed by atoms with van der Waals surface area (Å²) in [5.41, 5.74) is 2.36. The fourth-order valence-electron chi connectivity index (χ4n) is 2.83. The lowest BCUT2D eigenvalue weighted by Crippen LogP contribution is -2.28. The molecule has 0 saturated heterocycles. The van der Waals surface area contributed by atoms with Gasteiger partial charge in [0, 0.05) is 5.56 Å². The SMILES string of the molecule is COc1ccc(C(=O)Nc2ccccc2C(=O)NC(C)c2ccccc2)cc1. The molecule has 5 nitrogen and oxygen atoms in total. The Labute approximate surface area is 164 Å². The van der Waals surface area contributed by atoms with Crippen LogP contribution in [0.5, 0.6) is 5.75 Å². The van der Waals surface area contributed by atoms with Gasteiger partial charge in [-0.15, -0.1) is 0 Å². The second-order valence-corrected chi connectivity index (χ2v) is 6.33. The van der Waals surface area contributed by atoms with E-state index in [4.69, 9.17) is 4.74 Å². The van der Waals surface area contributed by atoms with Gasteiger partial charge in [-0.3, -0.25) is 9.59 Å². The molecule has 3 aromatic carbocycles. The van der Waals surface area contributed by atoms with Crippen molar-refractivity contribution >= 4 is 17.5 Å². The summed E-state index contributed by atoms with van der Waals surface area (Å²) in [5, 5.41) is 5.79. The molecular formula is C23H22N2O3. The van der Waals surface area contributed by atoms with Crippen LogP contribution >= 0.6 is 0 Å². The Bertz CT molecular complexity index is 953. The van der Waals surface area contributed by atoms with Gasteiger partial charge >= 0.3 is 0 Å². The van der Waals surface area contributed by atoms with Crippen molar-refractivity contribution in [1.82, 2.24) is 5.32 Å². The number of anilines is 1. The lowest BCUT2D eigenvalue weighted by Gasteiger charge is -2.16. The van der Waals surface area contributed by atoms with Gasteiger partial charge in [-0.1, -0.05) is 42.5 Å². The van der Waals surface area contributed by atoms with Gasteiger partial charge in [0.05, 0.1) is 24.4 Å². The van der Waals surface area contributed by atoms with Crippen LogP contribution in [0.2, 0.25) is 0 Å². The van der Waals surface area contributed by atoms with Gasteiger partial charge in [0.25, 0.3) is 11.8 Å². The van der Waals surface area contributed by atoms with Crippen molar-refractivity contribution in [2.75, 3.05) is 12.4 Å². The largest absolute Gasteiger partial charge is 0.497 e. The number of para-hydroxylation sites is 1. The van der Waals surface area contributed by atoms with E-state index in [9.17, 15) is 9.59 Å². The number of rotatable bonds is 6. The standard InChI is InChI=1S/C23H22N2O3/c1-16(17-8-4-3-5-9-17)24-23(27)20-10-6-7-11-21(20)25-22(26)18-12-14-19(28-2)15-13-18/h3-16H,1-2H3,(H,24,27)(H,25,26). The van der Waals surface area contributed by atoms with Gasteiger partial charge in [0.1, 0.15) is 5.75 Å². The molecular weight excluding hydrogens is 352 g/mol. The quantitative estimate of drug-likeness (QED) is 0.670. The molecule has 142 valence electrons. The molecule has 0 saturated carbocycles. The van der Waals surface area contributed by atoms with Crippen LogP contribution in [0.4, 0.5) is 5.69 Å². The van der Waals surface area contributed by atoms with E-state index in [0.717, 1.165) is 5.56 Å². The molecule has 2 amide bonds. The molecule has 1 unspecified atom stereocenters. The van der Waals surface area contributed by atoms with E-state index in [1.165, 1.54) is 0 Å². The Morgan fingerprint density at radius 2 is 1.46 bits per heavy atom. The Morgan fingerprint density at radius 3 is 2.14 bits per heavy atom. The average Bonchev–Trinajstić information content (AvgIpc) is 2.74. The highest BCUT2D eigenvalue weighted by Gasteiger charge is 2.16. The third-order valence-corrected chi connectivity index (χ3v) is 4.42. The number of amides is 2. The summed E-state index contributed by atoms with van der Waals surface area (Å²) in [4.78, 5) is 25.3. The Morgan fingerprint density at radius 1 is 0.821 bits per heavy atom. The number of carbonyl (C=O) groups is 2. The average molecular weight is 374 g/mol. The minimum Gasteiger partial charge on any atom is -0.497 e. The molecule has 0 bridgehead atoms. The van der Waals surface area contributed by atoms with Gasteiger partial charge < -0.3 is 15.4 Å². The monoisotopic (exact) mass is 374 g/mol. The summed E-state index contributed by atoms with van der Waals surface area (Å²) < 4.78 is 5.11. The van der Waals surface area contributed by atoms with Crippen LogP contribution in [0.3, 0.4) is 0 Å². The molecule has 1 atom stereocenters. The number of ether oxygens (including phenoxy) is 1. The first-order valence-corrected chi connectivity index (χ1v) is 8.98. The highest BCUT2D eigenvalue weighted by atomic mass is 16.5. The number of benzene rings is 3. The summed E-state index contributed by atoms with van der Waals surface area (Å²) in [6.45, 7) is 1.92. The van der Waals surface area contributed by atoms with Gasteiger partial charge in [0.2, 0.25) is 0 Å². The van der Waals surface area contributed by atoms with Gasteiger partial charge in [-0.2, -0.15) is 0 Å². The summed E-state index contributed by atoms with van der Waals surface area (Å²) in [7, 11) is 1.57. The summed E-state index contributed by atoms with van der Waals surface area (Å²) >= 11 is 0. The summed E-state index contributed by atoms with van der Waals surface area (Å²) in [5.74, 6) is 0.132. The van der Waals surface area contributed by atoms with Gasteiger partial charge in [-0.25, -0.2) is 0 Å². The smallest absolute Gasteiger partial charge is 0.255 e. The van der Waals surface area contributed by atoms with Crippen molar-refractivity contribution in [3.63, 3.8) is 0 Å². The molecule has 3 rings (SSSR count). The second kappa shape index (κ2) is 8.86. The molecule has 0 heterocycles. The van der Waals surface area contributed by atoms with Crippen LogP contribution in [0, 0.1) is 0 Å². The van der Waals surface area contributed by atoms with Crippen LogP contribution < -0.4 is 15.4 Å². The summed E-state index contributed by atoms with van der Waals surface area (Å²) in [6.07, 6.45) is 0. The molecule has 0 aliphatic rings. The van der Waals surface area contributed by atoms with Crippen LogP contribution in [-0.2, 0) is 0 Å². The summed E-state index contributed by atoms with van der Waals surface area (Å²) in [6, 6.07) is 23.3. The molecule has 28 heavy (non-hydrogen) atoms. The molecule has 5 heteroatoms. The Balaban J connectivity index is 1.74. The lowest BCUT2D eigenvalue weighted by molar-refractivity contribution is 0.0941. The maximum Gasteiger partial charge on any atom is 0.255 e. The maximum absolute atomic E-state index is 12.8. The fraction of sp³-hybridized carbons (Fsp3) is 0.130. The molecule has 0 aliphatic heterocycles. The molecule has 0 aromatic heterocycles. The topological polar surface area (TPSA) is 67.4 Å². The van der Waals surface area contributed by atoms with Crippen molar-refractivity contribution in [1.29, 1.82) is 0 Å². The van der Waals surface area contributed by atoms with Crippen molar-refractivity contribution in [2.45, 2.75) is 13.0 Å². The van der Waals surface area contributed by atoms with Crippen molar-refractivity contribution in [2.24, 2.45) is 0 Å². The Kier molecular flexibility index (Phi) is 6.07. The van der Waals surface area contributed by atoms with Crippen LogP contribution in [0.25, 0.3) is 0 Å². The third-order valence-electron chi connectivity index (χ3n) is 4.42. The van der Waals surface area contributed by atoms with Crippen LogP contribution in [0.1, 0.15) is 39.2 Å². The highest BCUT2D eigenvalue weighted by molar-refractivity contribution is 6.09. The second-order valence-electron chi connectivity index (χ2n) is 6.33. The van der Waals surface area contributed by atoms with Gasteiger partial charge in [0.15, 0.2) is 0 Å². The highest BCUT2D eigenvalue weighted by Crippen LogP contribution is 2.19. The number of carbonyl (C=O) groups excluding carboxylic acids is 2. The van der Waals surface area contributed by atoms with Crippen LogP contribution in [-0.4, -0.2) is 18.9 Å². The molecule has 3 aromatic rings. The van der Waals surface area contributed by atoms with Gasteiger partial charge in [-0.05, 0) is 48.9 Å². The van der Waals surface area contributed by atoms with Crippen molar-refractivity contribution in [3.8, 4) is 5.75 Å². The first-order chi connectivity index (χ1) is 13.6. The number of hydrogen-bond donors (Lipinski definition) is 2. The third kappa shape index (κ3) is 4.57. The minimum absolute atomic E-state index is 0.154. The normalized spacial score (nSPS) is 11.4. The lowest BCUT2D eigenvalue weighted by atomic mass is 10.1. The molecule has 0 aliphatic carbocycles. The fourth-order valence-corrected chi connectivity index (χ4v) is 2.83. The first kappa shape index (κ1) is 19.2. The van der Waals surface area contributed by atoms with E-state index in [0.29, 0.717) is 22.6 Å². The van der Waals surface area contributed by atoms with E-state index in [1.807, 2.05) is 37.3 Å². The predicted molar refractivity (Wildman–Crippen MR) is 110 cm³/mol. The maximum atomic E-state index is 12.8. The van der Waals surface area contributed by atoms with E-state index in [2.05, 4.69) is 10.6 Å². The van der Waals surface area contributed by atoms with Crippen molar-refractivity contribution < 1.29 is 14.3 Å².